The van der Waals surface area contributed by atoms with Gasteiger partial charge in [0.2, 0.25) is 0 Å². The van der Waals surface area contributed by atoms with E-state index in [0.717, 1.165) is 10.9 Å². The third-order valence-electron chi connectivity index (χ3n) is 2.26. The number of benzene rings is 1. The molecule has 0 atom stereocenters. The van der Waals surface area contributed by atoms with Crippen LogP contribution in [0.25, 0.3) is 0 Å². The molecule has 0 spiro atoms. The fourth-order valence-electron chi connectivity index (χ4n) is 1.53. The Morgan fingerprint density at radius 1 is 1.36 bits per heavy atom. The van der Waals surface area contributed by atoms with Crippen molar-refractivity contribution in [3.8, 4) is 0 Å². The Kier molecular flexibility index (Phi) is 1.65. The molecule has 1 saturated carbocycles. The van der Waals surface area contributed by atoms with E-state index in [9.17, 15) is 0 Å². The smallest absolute Gasteiger partial charge is 0.0443 e. The van der Waals surface area contributed by atoms with Crippen molar-refractivity contribution in [3.63, 3.8) is 0 Å². The fourth-order valence-corrected chi connectivity index (χ4v) is 1.91. The molecule has 0 N–H and O–H groups in total. The van der Waals surface area contributed by atoms with Crippen LogP contribution in [-0.2, 0) is 0 Å². The predicted octanol–water partition coefficient (Wildman–Crippen LogP) is 3.53. The summed E-state index contributed by atoms with van der Waals surface area (Å²) in [4.78, 5) is 0. The zero-order valence-corrected chi connectivity index (χ0v) is 7.36. The summed E-state index contributed by atoms with van der Waals surface area (Å²) in [7, 11) is 0. The molecule has 0 bridgehead atoms. The number of rotatable bonds is 1. The standard InChI is InChI=1S/C10H11Cl/c1-7-3-2-4-9(11)10(7)8-5-6-8/h2-4,8H,5-6H2,1H3. The van der Waals surface area contributed by atoms with Gasteiger partial charge in [-0.05, 0) is 42.9 Å². The molecule has 0 radical (unpaired) electrons. The molecular formula is C10H11Cl. The van der Waals surface area contributed by atoms with E-state index in [1.165, 1.54) is 24.0 Å². The lowest BCUT2D eigenvalue weighted by Gasteiger charge is -2.04. The van der Waals surface area contributed by atoms with Gasteiger partial charge in [-0.25, -0.2) is 0 Å². The lowest BCUT2D eigenvalue weighted by molar-refractivity contribution is 1.10. The van der Waals surface area contributed by atoms with Crippen LogP contribution in [0.15, 0.2) is 18.2 Å². The van der Waals surface area contributed by atoms with Gasteiger partial charge in [0.1, 0.15) is 0 Å². The van der Waals surface area contributed by atoms with Gasteiger partial charge < -0.3 is 0 Å². The summed E-state index contributed by atoms with van der Waals surface area (Å²) >= 11 is 6.06. The quantitative estimate of drug-likeness (QED) is 0.599. The SMILES string of the molecule is Cc1cccc(Cl)c1C1CC1. The van der Waals surface area contributed by atoms with Crippen LogP contribution in [0.5, 0.6) is 0 Å². The van der Waals surface area contributed by atoms with Gasteiger partial charge in [0.05, 0.1) is 0 Å². The Hall–Kier alpha value is -0.490. The van der Waals surface area contributed by atoms with Crippen LogP contribution >= 0.6 is 11.6 Å². The molecule has 0 unspecified atom stereocenters. The van der Waals surface area contributed by atoms with E-state index in [1.807, 2.05) is 12.1 Å². The summed E-state index contributed by atoms with van der Waals surface area (Å²) in [6.07, 6.45) is 2.65. The fraction of sp³-hybridized carbons (Fsp3) is 0.400. The first kappa shape index (κ1) is 7.17. The van der Waals surface area contributed by atoms with E-state index in [0.29, 0.717) is 0 Å². The first-order valence-electron chi connectivity index (χ1n) is 4.04. The molecule has 1 aromatic rings. The number of aryl methyl sites for hydroxylation is 1. The van der Waals surface area contributed by atoms with E-state index < -0.39 is 0 Å². The molecule has 1 aromatic carbocycles. The Morgan fingerprint density at radius 3 is 2.64 bits per heavy atom. The highest BCUT2D eigenvalue weighted by Gasteiger charge is 2.26. The van der Waals surface area contributed by atoms with Gasteiger partial charge in [0, 0.05) is 5.02 Å². The highest BCUT2D eigenvalue weighted by atomic mass is 35.5. The van der Waals surface area contributed by atoms with Crippen molar-refractivity contribution in [2.24, 2.45) is 0 Å². The molecule has 0 aromatic heterocycles. The van der Waals surface area contributed by atoms with Gasteiger partial charge in [-0.1, -0.05) is 23.7 Å². The second kappa shape index (κ2) is 2.53. The summed E-state index contributed by atoms with van der Waals surface area (Å²) < 4.78 is 0. The highest BCUT2D eigenvalue weighted by molar-refractivity contribution is 6.31. The summed E-state index contributed by atoms with van der Waals surface area (Å²) in [6.45, 7) is 2.14. The Morgan fingerprint density at radius 2 is 2.09 bits per heavy atom. The number of hydrogen-bond acceptors (Lipinski definition) is 0. The Bertz CT molecular complexity index is 254. The average Bonchev–Trinajstić information content (AvgIpc) is 2.70. The minimum absolute atomic E-state index is 0.767. The maximum atomic E-state index is 6.06. The van der Waals surface area contributed by atoms with E-state index in [1.54, 1.807) is 0 Å². The molecule has 0 aliphatic heterocycles. The molecule has 0 saturated heterocycles. The van der Waals surface area contributed by atoms with Crippen molar-refractivity contribution in [2.45, 2.75) is 25.7 Å². The molecule has 11 heavy (non-hydrogen) atoms. The summed E-state index contributed by atoms with van der Waals surface area (Å²) in [5.74, 6) is 0.767. The van der Waals surface area contributed by atoms with Crippen molar-refractivity contribution < 1.29 is 0 Å². The minimum Gasteiger partial charge on any atom is -0.0840 e. The van der Waals surface area contributed by atoms with Gasteiger partial charge in [-0.2, -0.15) is 0 Å². The normalized spacial score (nSPS) is 16.9. The molecule has 0 nitrogen and oxygen atoms in total. The Balaban J connectivity index is 2.48. The topological polar surface area (TPSA) is 0 Å². The van der Waals surface area contributed by atoms with Gasteiger partial charge >= 0.3 is 0 Å². The van der Waals surface area contributed by atoms with Gasteiger partial charge in [-0.3, -0.25) is 0 Å². The maximum Gasteiger partial charge on any atom is 0.0443 e. The van der Waals surface area contributed by atoms with Crippen molar-refractivity contribution in [3.05, 3.63) is 34.3 Å². The van der Waals surface area contributed by atoms with Crippen molar-refractivity contribution >= 4 is 11.6 Å². The van der Waals surface area contributed by atoms with E-state index in [-0.39, 0.29) is 0 Å². The number of halogens is 1. The van der Waals surface area contributed by atoms with Crippen LogP contribution in [0.1, 0.15) is 29.9 Å². The molecule has 1 heteroatoms. The lowest BCUT2D eigenvalue weighted by Crippen LogP contribution is -1.85. The first-order valence-corrected chi connectivity index (χ1v) is 4.42. The van der Waals surface area contributed by atoms with Crippen LogP contribution in [0.4, 0.5) is 0 Å². The van der Waals surface area contributed by atoms with Crippen LogP contribution in [0.3, 0.4) is 0 Å². The monoisotopic (exact) mass is 166 g/mol. The van der Waals surface area contributed by atoms with E-state index >= 15 is 0 Å². The maximum absolute atomic E-state index is 6.06. The molecular weight excluding hydrogens is 156 g/mol. The minimum atomic E-state index is 0.767. The van der Waals surface area contributed by atoms with E-state index in [2.05, 4.69) is 13.0 Å². The highest BCUT2D eigenvalue weighted by Crippen LogP contribution is 2.44. The lowest BCUT2D eigenvalue weighted by atomic mass is 10.1. The summed E-state index contributed by atoms with van der Waals surface area (Å²) in [6, 6.07) is 6.14. The van der Waals surface area contributed by atoms with Crippen molar-refractivity contribution in [1.29, 1.82) is 0 Å². The predicted molar refractivity (Wildman–Crippen MR) is 48.2 cm³/mol. The van der Waals surface area contributed by atoms with Crippen LogP contribution in [-0.4, -0.2) is 0 Å². The van der Waals surface area contributed by atoms with Crippen LogP contribution in [0.2, 0.25) is 5.02 Å². The second-order valence-electron chi connectivity index (χ2n) is 3.24. The molecule has 0 amide bonds. The average molecular weight is 167 g/mol. The van der Waals surface area contributed by atoms with Gasteiger partial charge in [-0.15, -0.1) is 0 Å². The Labute approximate surface area is 72.2 Å². The van der Waals surface area contributed by atoms with Gasteiger partial charge in [0.15, 0.2) is 0 Å². The zero-order valence-electron chi connectivity index (χ0n) is 6.60. The molecule has 58 valence electrons. The molecule has 2 rings (SSSR count). The second-order valence-corrected chi connectivity index (χ2v) is 3.65. The van der Waals surface area contributed by atoms with Crippen molar-refractivity contribution in [1.82, 2.24) is 0 Å². The third-order valence-corrected chi connectivity index (χ3v) is 2.59. The van der Waals surface area contributed by atoms with Crippen LogP contribution < -0.4 is 0 Å². The molecule has 1 fully saturated rings. The van der Waals surface area contributed by atoms with Crippen LogP contribution in [0, 0.1) is 6.92 Å². The molecule has 1 aliphatic rings. The third kappa shape index (κ3) is 1.28. The first-order chi connectivity index (χ1) is 5.29. The summed E-state index contributed by atoms with van der Waals surface area (Å²) in [5, 5.41) is 0.951. The van der Waals surface area contributed by atoms with Gasteiger partial charge in [0.25, 0.3) is 0 Å². The largest absolute Gasteiger partial charge is 0.0840 e. The molecule has 1 aliphatic carbocycles. The molecule has 0 heterocycles. The van der Waals surface area contributed by atoms with E-state index in [4.69, 9.17) is 11.6 Å². The zero-order chi connectivity index (χ0) is 7.84. The summed E-state index contributed by atoms with van der Waals surface area (Å²) in [5.41, 5.74) is 2.73. The number of hydrogen-bond donors (Lipinski definition) is 0. The van der Waals surface area contributed by atoms with Crippen molar-refractivity contribution in [2.75, 3.05) is 0 Å².